The van der Waals surface area contributed by atoms with Gasteiger partial charge < -0.3 is 15.2 Å². The average Bonchev–Trinajstić information content (AvgIpc) is 2.61. The Labute approximate surface area is 160 Å². The smallest absolute Gasteiger partial charge is 0.345 e. The lowest BCUT2D eigenvalue weighted by Crippen LogP contribution is -2.45. The standard InChI is InChI=1S/C21H28N4O2/c1-14(2)11-17-13-19(24-21(27)23-17)20(26)22-16-7-9-25(10-8-16)18-6-4-5-15(3)12-18/h4-6,12-14,16H,7-11H2,1-3H3,(H,22,26)(H,23,24,27). The molecule has 1 aromatic heterocycles. The van der Waals surface area contributed by atoms with Crippen LogP contribution in [0.25, 0.3) is 0 Å². The number of aromatic nitrogens is 2. The van der Waals surface area contributed by atoms with Crippen molar-refractivity contribution in [3.63, 3.8) is 0 Å². The Morgan fingerprint density at radius 1 is 1.30 bits per heavy atom. The Kier molecular flexibility index (Phi) is 5.94. The minimum Gasteiger partial charge on any atom is -0.371 e. The van der Waals surface area contributed by atoms with E-state index in [1.54, 1.807) is 6.07 Å². The molecule has 2 heterocycles. The van der Waals surface area contributed by atoms with E-state index in [1.165, 1.54) is 11.3 Å². The minimum atomic E-state index is -0.465. The van der Waals surface area contributed by atoms with Crippen molar-refractivity contribution in [3.05, 3.63) is 57.8 Å². The number of H-pyrrole nitrogens is 1. The number of anilines is 1. The zero-order valence-corrected chi connectivity index (χ0v) is 16.3. The summed E-state index contributed by atoms with van der Waals surface area (Å²) in [6.45, 7) is 8.03. The van der Waals surface area contributed by atoms with Crippen LogP contribution < -0.4 is 15.9 Å². The molecular weight excluding hydrogens is 340 g/mol. The van der Waals surface area contributed by atoms with Crippen molar-refractivity contribution in [2.45, 2.75) is 46.1 Å². The van der Waals surface area contributed by atoms with Crippen LogP contribution in [0.1, 0.15) is 48.4 Å². The fourth-order valence-corrected chi connectivity index (χ4v) is 3.54. The van der Waals surface area contributed by atoms with Gasteiger partial charge in [0.25, 0.3) is 5.91 Å². The average molecular weight is 368 g/mol. The molecular formula is C21H28N4O2. The van der Waals surface area contributed by atoms with E-state index in [0.717, 1.165) is 31.6 Å². The monoisotopic (exact) mass is 368 g/mol. The fourth-order valence-electron chi connectivity index (χ4n) is 3.54. The number of aryl methyl sites for hydroxylation is 1. The van der Waals surface area contributed by atoms with Gasteiger partial charge in [0.15, 0.2) is 0 Å². The highest BCUT2D eigenvalue weighted by Gasteiger charge is 2.22. The van der Waals surface area contributed by atoms with Gasteiger partial charge in [-0.1, -0.05) is 26.0 Å². The van der Waals surface area contributed by atoms with Crippen LogP contribution in [0.15, 0.2) is 35.1 Å². The summed E-state index contributed by atoms with van der Waals surface area (Å²) in [5.74, 6) is 0.130. The van der Waals surface area contributed by atoms with Gasteiger partial charge >= 0.3 is 5.69 Å². The third-order valence-corrected chi connectivity index (χ3v) is 4.86. The largest absolute Gasteiger partial charge is 0.371 e. The van der Waals surface area contributed by atoms with Crippen LogP contribution in [0.5, 0.6) is 0 Å². The molecule has 1 saturated heterocycles. The van der Waals surface area contributed by atoms with Crippen LogP contribution in [-0.4, -0.2) is 35.0 Å². The Hall–Kier alpha value is -2.63. The van der Waals surface area contributed by atoms with Gasteiger partial charge in [-0.25, -0.2) is 4.79 Å². The number of benzene rings is 1. The number of hydrogen-bond donors (Lipinski definition) is 2. The fraction of sp³-hybridized carbons (Fsp3) is 0.476. The number of piperidine rings is 1. The molecule has 2 aromatic rings. The lowest BCUT2D eigenvalue weighted by atomic mass is 10.0. The Morgan fingerprint density at radius 2 is 2.04 bits per heavy atom. The summed E-state index contributed by atoms with van der Waals surface area (Å²) < 4.78 is 0. The van der Waals surface area contributed by atoms with Crippen molar-refractivity contribution in [1.82, 2.24) is 15.3 Å². The van der Waals surface area contributed by atoms with E-state index in [1.807, 2.05) is 0 Å². The van der Waals surface area contributed by atoms with E-state index in [-0.39, 0.29) is 17.6 Å². The summed E-state index contributed by atoms with van der Waals surface area (Å²) in [5.41, 5.74) is 2.97. The van der Waals surface area contributed by atoms with Gasteiger partial charge in [-0.05, 0) is 55.9 Å². The van der Waals surface area contributed by atoms with E-state index in [0.29, 0.717) is 12.3 Å². The molecule has 0 atom stereocenters. The highest BCUT2D eigenvalue weighted by atomic mass is 16.2. The lowest BCUT2D eigenvalue weighted by Gasteiger charge is -2.34. The molecule has 3 rings (SSSR count). The summed E-state index contributed by atoms with van der Waals surface area (Å²) in [6, 6.07) is 10.3. The Morgan fingerprint density at radius 3 is 2.70 bits per heavy atom. The zero-order chi connectivity index (χ0) is 19.4. The second-order valence-corrected chi connectivity index (χ2v) is 7.77. The number of rotatable bonds is 5. The van der Waals surface area contributed by atoms with Crippen molar-refractivity contribution >= 4 is 11.6 Å². The van der Waals surface area contributed by atoms with E-state index >= 15 is 0 Å². The second-order valence-electron chi connectivity index (χ2n) is 7.77. The maximum absolute atomic E-state index is 12.6. The maximum Gasteiger partial charge on any atom is 0.345 e. The van der Waals surface area contributed by atoms with Crippen molar-refractivity contribution in [1.29, 1.82) is 0 Å². The molecule has 6 nitrogen and oxygen atoms in total. The molecule has 27 heavy (non-hydrogen) atoms. The molecule has 1 fully saturated rings. The molecule has 2 N–H and O–H groups in total. The van der Waals surface area contributed by atoms with Crippen molar-refractivity contribution in [2.24, 2.45) is 5.92 Å². The molecule has 0 spiro atoms. The Bertz CT molecular complexity index is 851. The van der Waals surface area contributed by atoms with Gasteiger partial charge in [0.1, 0.15) is 5.69 Å². The number of hydrogen-bond acceptors (Lipinski definition) is 4. The number of nitrogens with one attached hydrogen (secondary N) is 2. The van der Waals surface area contributed by atoms with Gasteiger partial charge in [-0.3, -0.25) is 4.79 Å². The third-order valence-electron chi connectivity index (χ3n) is 4.86. The molecule has 0 saturated carbocycles. The second kappa shape index (κ2) is 8.37. The summed E-state index contributed by atoms with van der Waals surface area (Å²) in [7, 11) is 0. The van der Waals surface area contributed by atoms with Crippen molar-refractivity contribution in [3.8, 4) is 0 Å². The molecule has 1 aromatic carbocycles. The van der Waals surface area contributed by atoms with Crippen LogP contribution in [-0.2, 0) is 6.42 Å². The van der Waals surface area contributed by atoms with Crippen LogP contribution >= 0.6 is 0 Å². The summed E-state index contributed by atoms with van der Waals surface area (Å²) in [5, 5.41) is 3.05. The molecule has 0 bridgehead atoms. The van der Waals surface area contributed by atoms with Gasteiger partial charge in [0.05, 0.1) is 0 Å². The molecule has 6 heteroatoms. The first-order chi connectivity index (χ1) is 12.9. The van der Waals surface area contributed by atoms with E-state index in [4.69, 9.17) is 0 Å². The highest BCUT2D eigenvalue weighted by Crippen LogP contribution is 2.21. The molecule has 0 aliphatic carbocycles. The van der Waals surface area contributed by atoms with Gasteiger partial charge in [-0.15, -0.1) is 0 Å². The molecule has 0 unspecified atom stereocenters. The maximum atomic E-state index is 12.6. The first-order valence-electron chi connectivity index (χ1n) is 9.63. The number of carbonyl (C=O) groups excluding carboxylic acids is 1. The first kappa shape index (κ1) is 19.1. The number of aromatic amines is 1. The van der Waals surface area contributed by atoms with E-state index in [2.05, 4.69) is 65.2 Å². The minimum absolute atomic E-state index is 0.105. The van der Waals surface area contributed by atoms with Crippen LogP contribution in [0, 0.1) is 12.8 Å². The number of amides is 1. The highest BCUT2D eigenvalue weighted by molar-refractivity contribution is 5.92. The van der Waals surface area contributed by atoms with E-state index < -0.39 is 5.69 Å². The molecule has 1 aliphatic heterocycles. The molecule has 1 amide bonds. The molecule has 1 aliphatic rings. The van der Waals surface area contributed by atoms with Gasteiger partial charge in [-0.2, -0.15) is 4.98 Å². The predicted octanol–water partition coefficient (Wildman–Crippen LogP) is 2.68. The summed E-state index contributed by atoms with van der Waals surface area (Å²) in [6.07, 6.45) is 2.47. The molecule has 144 valence electrons. The lowest BCUT2D eigenvalue weighted by molar-refractivity contribution is 0.0925. The SMILES string of the molecule is Cc1cccc(N2CCC(NC(=O)c3cc(CC(C)C)[nH]c(=O)n3)CC2)c1. The predicted molar refractivity (Wildman–Crippen MR) is 107 cm³/mol. The van der Waals surface area contributed by atoms with E-state index in [9.17, 15) is 9.59 Å². The van der Waals surface area contributed by atoms with Gasteiger partial charge in [0, 0.05) is 30.5 Å². The quantitative estimate of drug-likeness (QED) is 0.851. The van der Waals surface area contributed by atoms with Crippen LogP contribution in [0.3, 0.4) is 0 Å². The van der Waals surface area contributed by atoms with Crippen molar-refractivity contribution in [2.75, 3.05) is 18.0 Å². The summed E-state index contributed by atoms with van der Waals surface area (Å²) >= 11 is 0. The van der Waals surface area contributed by atoms with Crippen LogP contribution in [0.2, 0.25) is 0 Å². The topological polar surface area (TPSA) is 78.1 Å². The number of carbonyl (C=O) groups is 1. The summed E-state index contributed by atoms with van der Waals surface area (Å²) in [4.78, 5) is 33.2. The Balaban J connectivity index is 1.59. The normalized spacial score (nSPS) is 15.2. The molecule has 0 radical (unpaired) electrons. The third kappa shape index (κ3) is 5.18. The first-order valence-corrected chi connectivity index (χ1v) is 9.63. The van der Waals surface area contributed by atoms with Gasteiger partial charge in [0.2, 0.25) is 0 Å². The van der Waals surface area contributed by atoms with Crippen LogP contribution in [0.4, 0.5) is 5.69 Å². The zero-order valence-electron chi connectivity index (χ0n) is 16.3. The number of nitrogens with zero attached hydrogens (tertiary/aromatic N) is 2. The van der Waals surface area contributed by atoms with Crippen molar-refractivity contribution < 1.29 is 4.79 Å².